The monoisotopic (exact) mass is 352 g/mol. The maximum Gasteiger partial charge on any atom is 0.257 e. The zero-order chi connectivity index (χ0) is 16.6. The molecule has 118 valence electrons. The third-order valence-corrected chi connectivity index (χ3v) is 5.28. The van der Waals surface area contributed by atoms with Crippen LogP contribution in [0, 0.1) is 23.0 Å². The van der Waals surface area contributed by atoms with Crippen molar-refractivity contribution in [2.45, 2.75) is 25.7 Å². The summed E-state index contributed by atoms with van der Waals surface area (Å²) < 4.78 is 26.4. The van der Waals surface area contributed by atoms with Crippen molar-refractivity contribution in [2.75, 3.05) is 5.32 Å². The molecule has 0 saturated heterocycles. The van der Waals surface area contributed by atoms with Crippen molar-refractivity contribution in [2.24, 2.45) is 0 Å². The minimum atomic E-state index is -1.15. The summed E-state index contributed by atoms with van der Waals surface area (Å²) in [6.07, 6.45) is 3.77. The molecule has 0 aliphatic heterocycles. The SMILES string of the molecule is N#Cc1c(NC(=O)c2cc(F)c(F)cc2Cl)sc2c1CCCC2. The molecule has 1 aliphatic rings. The number of carbonyl (C=O) groups is 1. The summed E-state index contributed by atoms with van der Waals surface area (Å²) in [5.74, 6) is -2.93. The number of hydrogen-bond donors (Lipinski definition) is 1. The van der Waals surface area contributed by atoms with Gasteiger partial charge in [-0.15, -0.1) is 11.3 Å². The Labute approximate surface area is 140 Å². The predicted octanol–water partition coefficient (Wildman–Crippen LogP) is 4.68. The smallest absolute Gasteiger partial charge is 0.257 e. The summed E-state index contributed by atoms with van der Waals surface area (Å²) in [5, 5.41) is 12.2. The van der Waals surface area contributed by atoms with E-state index in [9.17, 15) is 18.8 Å². The van der Waals surface area contributed by atoms with E-state index in [0.29, 0.717) is 10.6 Å². The molecule has 0 spiro atoms. The molecule has 23 heavy (non-hydrogen) atoms. The quantitative estimate of drug-likeness (QED) is 0.798. The summed E-state index contributed by atoms with van der Waals surface area (Å²) in [7, 11) is 0. The lowest BCUT2D eigenvalue weighted by Gasteiger charge is -2.09. The van der Waals surface area contributed by atoms with E-state index in [1.165, 1.54) is 11.3 Å². The Morgan fingerprint density at radius 1 is 1.26 bits per heavy atom. The third kappa shape index (κ3) is 2.94. The average Bonchev–Trinajstić information content (AvgIpc) is 2.87. The van der Waals surface area contributed by atoms with Gasteiger partial charge in [-0.05, 0) is 43.4 Å². The Bertz CT molecular complexity index is 842. The Morgan fingerprint density at radius 2 is 1.96 bits per heavy atom. The molecule has 1 aromatic heterocycles. The van der Waals surface area contributed by atoms with Gasteiger partial charge in [-0.25, -0.2) is 8.78 Å². The normalized spacial score (nSPS) is 13.3. The topological polar surface area (TPSA) is 52.9 Å². The number of anilines is 1. The van der Waals surface area contributed by atoms with Crippen LogP contribution in [0.2, 0.25) is 5.02 Å². The molecule has 1 amide bonds. The minimum absolute atomic E-state index is 0.166. The number of benzene rings is 1. The number of nitrogens with one attached hydrogen (secondary N) is 1. The maximum atomic E-state index is 13.3. The number of aryl methyl sites for hydroxylation is 1. The van der Waals surface area contributed by atoms with Crippen molar-refractivity contribution >= 4 is 33.8 Å². The molecule has 1 heterocycles. The number of nitriles is 1. The number of thiophene rings is 1. The van der Waals surface area contributed by atoms with Crippen molar-refractivity contribution in [1.29, 1.82) is 5.26 Å². The zero-order valence-corrected chi connectivity index (χ0v) is 13.5. The van der Waals surface area contributed by atoms with Crippen molar-refractivity contribution in [3.8, 4) is 6.07 Å². The minimum Gasteiger partial charge on any atom is -0.312 e. The highest BCUT2D eigenvalue weighted by Crippen LogP contribution is 2.38. The van der Waals surface area contributed by atoms with E-state index in [0.717, 1.165) is 48.3 Å². The number of hydrogen-bond acceptors (Lipinski definition) is 3. The number of fused-ring (bicyclic) bond motifs is 1. The summed E-state index contributed by atoms with van der Waals surface area (Å²) in [5.41, 5.74) is 1.27. The second-order valence-corrected chi connectivity index (χ2v) is 6.74. The summed E-state index contributed by atoms with van der Waals surface area (Å²) in [4.78, 5) is 13.4. The number of halogens is 3. The van der Waals surface area contributed by atoms with E-state index < -0.39 is 17.5 Å². The van der Waals surface area contributed by atoms with Crippen LogP contribution in [-0.2, 0) is 12.8 Å². The van der Waals surface area contributed by atoms with Gasteiger partial charge in [0.25, 0.3) is 5.91 Å². The Hall–Kier alpha value is -1.97. The van der Waals surface area contributed by atoms with Gasteiger partial charge in [0.15, 0.2) is 11.6 Å². The predicted molar refractivity (Wildman–Crippen MR) is 85.0 cm³/mol. The average molecular weight is 353 g/mol. The number of amides is 1. The number of rotatable bonds is 2. The molecule has 0 fully saturated rings. The molecule has 0 unspecified atom stereocenters. The van der Waals surface area contributed by atoms with Crippen LogP contribution in [0.1, 0.15) is 39.2 Å². The first-order valence-electron chi connectivity index (χ1n) is 7.01. The molecule has 3 rings (SSSR count). The van der Waals surface area contributed by atoms with Gasteiger partial charge in [-0.3, -0.25) is 4.79 Å². The lowest BCUT2D eigenvalue weighted by Crippen LogP contribution is -2.13. The molecular formula is C16H11ClF2N2OS. The van der Waals surface area contributed by atoms with E-state index in [1.54, 1.807) is 0 Å². The van der Waals surface area contributed by atoms with Crippen LogP contribution < -0.4 is 5.32 Å². The highest BCUT2D eigenvalue weighted by Gasteiger charge is 2.23. The van der Waals surface area contributed by atoms with Crippen molar-refractivity contribution < 1.29 is 13.6 Å². The van der Waals surface area contributed by atoms with Crippen molar-refractivity contribution in [1.82, 2.24) is 0 Å². The van der Waals surface area contributed by atoms with Crippen LogP contribution in [0.4, 0.5) is 13.8 Å². The van der Waals surface area contributed by atoms with Gasteiger partial charge in [0.1, 0.15) is 11.1 Å². The molecule has 1 aromatic carbocycles. The second kappa shape index (κ2) is 6.26. The summed E-state index contributed by atoms with van der Waals surface area (Å²) >= 11 is 7.17. The first-order chi connectivity index (χ1) is 11.0. The lowest BCUT2D eigenvalue weighted by atomic mass is 9.96. The lowest BCUT2D eigenvalue weighted by molar-refractivity contribution is 0.102. The summed E-state index contributed by atoms with van der Waals surface area (Å²) in [6.45, 7) is 0. The molecule has 2 aromatic rings. The largest absolute Gasteiger partial charge is 0.312 e. The van der Waals surface area contributed by atoms with Crippen molar-refractivity contribution in [3.63, 3.8) is 0 Å². The van der Waals surface area contributed by atoms with Gasteiger partial charge in [-0.1, -0.05) is 11.6 Å². The standard InChI is InChI=1S/C16H11ClF2N2OS/c17-11-6-13(19)12(18)5-9(11)15(22)21-16-10(7-20)8-3-1-2-4-14(8)23-16/h5-6H,1-4H2,(H,21,22). The third-order valence-electron chi connectivity index (χ3n) is 3.76. The van der Waals surface area contributed by atoms with Gasteiger partial charge in [0.05, 0.1) is 16.1 Å². The fraction of sp³-hybridized carbons (Fsp3) is 0.250. The van der Waals surface area contributed by atoms with Gasteiger partial charge in [-0.2, -0.15) is 5.26 Å². The first-order valence-corrected chi connectivity index (χ1v) is 8.21. The number of carbonyl (C=O) groups excluding carboxylic acids is 1. The molecular weight excluding hydrogens is 342 g/mol. The van der Waals surface area contributed by atoms with Crippen LogP contribution in [0.3, 0.4) is 0 Å². The van der Waals surface area contributed by atoms with E-state index in [4.69, 9.17) is 11.6 Å². The molecule has 0 saturated carbocycles. The van der Waals surface area contributed by atoms with Crippen molar-refractivity contribution in [3.05, 3.63) is 50.4 Å². The van der Waals surface area contributed by atoms with E-state index in [1.807, 2.05) is 0 Å². The van der Waals surface area contributed by atoms with E-state index in [-0.39, 0.29) is 10.6 Å². The molecule has 0 bridgehead atoms. The highest BCUT2D eigenvalue weighted by molar-refractivity contribution is 7.16. The van der Waals surface area contributed by atoms with Crippen LogP contribution in [0.15, 0.2) is 12.1 Å². The van der Waals surface area contributed by atoms with Crippen LogP contribution in [0.5, 0.6) is 0 Å². The molecule has 7 heteroatoms. The van der Waals surface area contributed by atoms with Crippen LogP contribution in [-0.4, -0.2) is 5.91 Å². The van der Waals surface area contributed by atoms with Gasteiger partial charge in [0, 0.05) is 4.88 Å². The van der Waals surface area contributed by atoms with Gasteiger partial charge >= 0.3 is 0 Å². The summed E-state index contributed by atoms with van der Waals surface area (Å²) in [6, 6.07) is 3.64. The molecule has 0 radical (unpaired) electrons. The Kier molecular flexibility index (Phi) is 4.33. The molecule has 0 atom stereocenters. The first kappa shape index (κ1) is 15.9. The van der Waals surface area contributed by atoms with E-state index in [2.05, 4.69) is 11.4 Å². The fourth-order valence-corrected chi connectivity index (χ4v) is 4.11. The van der Waals surface area contributed by atoms with Gasteiger partial charge in [0.2, 0.25) is 0 Å². The zero-order valence-electron chi connectivity index (χ0n) is 11.9. The van der Waals surface area contributed by atoms with E-state index >= 15 is 0 Å². The van der Waals surface area contributed by atoms with Crippen LogP contribution >= 0.6 is 22.9 Å². The molecule has 1 aliphatic carbocycles. The van der Waals surface area contributed by atoms with Crippen LogP contribution in [0.25, 0.3) is 0 Å². The Morgan fingerprint density at radius 3 is 2.70 bits per heavy atom. The fourth-order valence-electron chi connectivity index (χ4n) is 2.64. The number of nitrogens with zero attached hydrogens (tertiary/aromatic N) is 1. The second-order valence-electron chi connectivity index (χ2n) is 5.23. The highest BCUT2D eigenvalue weighted by atomic mass is 35.5. The molecule has 3 nitrogen and oxygen atoms in total. The Balaban J connectivity index is 1.94. The maximum absolute atomic E-state index is 13.3. The van der Waals surface area contributed by atoms with Gasteiger partial charge < -0.3 is 5.32 Å². The molecule has 1 N–H and O–H groups in total.